The quantitative estimate of drug-likeness (QED) is 0.0414. The van der Waals surface area contributed by atoms with E-state index in [1.54, 1.807) is 24.3 Å². The van der Waals surface area contributed by atoms with Gasteiger partial charge in [0.25, 0.3) is 5.91 Å². The number of rotatable bonds is 19. The summed E-state index contributed by atoms with van der Waals surface area (Å²) in [5.74, 6) is -0.286. The topological polar surface area (TPSA) is 127 Å². The van der Waals surface area contributed by atoms with Crippen molar-refractivity contribution in [2.24, 2.45) is 22.9 Å². The van der Waals surface area contributed by atoms with Crippen molar-refractivity contribution < 1.29 is 38.9 Å². The fraction of sp³-hybridized carbons (Fsp3) is 0.442. The number of oxime groups is 1. The fourth-order valence-corrected chi connectivity index (χ4v) is 9.82. The van der Waals surface area contributed by atoms with E-state index in [9.17, 15) is 15.0 Å². The van der Waals surface area contributed by atoms with Crippen LogP contribution in [0.15, 0.2) is 114 Å². The SMILES string of the molecule is C=CCOC12Oc3ccc(Oc4cccc(C=O)c4)cc3C3C(CCCCO)C(CCCCO)C=C(C(=NOC(C)(C)C)CC1N(CCC)C(=O)c1ccc4ccccc4c1)C32. The van der Waals surface area contributed by atoms with Gasteiger partial charge in [0.15, 0.2) is 0 Å². The normalized spacial score (nSPS) is 23.4. The van der Waals surface area contributed by atoms with Crippen molar-refractivity contribution in [2.75, 3.05) is 26.4 Å². The summed E-state index contributed by atoms with van der Waals surface area (Å²) in [6, 6.07) is 26.2. The Labute approximate surface area is 366 Å². The van der Waals surface area contributed by atoms with Gasteiger partial charge in [-0.05, 0) is 124 Å². The van der Waals surface area contributed by atoms with E-state index >= 15 is 4.79 Å². The molecule has 328 valence electrons. The predicted molar refractivity (Wildman–Crippen MR) is 243 cm³/mol. The molecule has 1 amide bonds. The third-order valence-corrected chi connectivity index (χ3v) is 12.4. The molecule has 6 atom stereocenters. The van der Waals surface area contributed by atoms with E-state index < -0.39 is 23.3 Å². The van der Waals surface area contributed by atoms with Crippen LogP contribution in [0, 0.1) is 17.8 Å². The lowest BCUT2D eigenvalue weighted by Crippen LogP contribution is -2.70. The lowest BCUT2D eigenvalue weighted by atomic mass is 9.55. The Balaban J connectivity index is 1.46. The first kappa shape index (κ1) is 44.8. The molecular formula is C52H62N2O8. The first-order chi connectivity index (χ1) is 30.0. The van der Waals surface area contributed by atoms with Crippen molar-refractivity contribution in [2.45, 2.75) is 102 Å². The molecule has 10 heteroatoms. The number of allylic oxidation sites excluding steroid dienone is 1. The molecule has 62 heavy (non-hydrogen) atoms. The Bertz CT molecular complexity index is 2280. The number of aldehydes is 1. The summed E-state index contributed by atoms with van der Waals surface area (Å²) in [7, 11) is 0. The number of benzene rings is 4. The maximum atomic E-state index is 15.2. The van der Waals surface area contributed by atoms with Gasteiger partial charge >= 0.3 is 0 Å². The molecule has 0 spiro atoms. The molecule has 2 N–H and O–H groups in total. The van der Waals surface area contributed by atoms with Crippen LogP contribution in [0.1, 0.15) is 111 Å². The Morgan fingerprint density at radius 3 is 2.42 bits per heavy atom. The lowest BCUT2D eigenvalue weighted by molar-refractivity contribution is -0.254. The number of hydrogen-bond donors (Lipinski definition) is 2. The number of carbonyl (C=O) groups excluding carboxylic acids is 2. The molecular weight excluding hydrogens is 781 g/mol. The molecule has 10 nitrogen and oxygen atoms in total. The van der Waals surface area contributed by atoms with Crippen LogP contribution in [0.4, 0.5) is 0 Å². The van der Waals surface area contributed by atoms with E-state index in [4.69, 9.17) is 24.2 Å². The standard InChI is InChI=1S/C52H62N2O8/c1-6-25-54(50(58)39-22-21-36-16-8-9-17-37(36)30-39)47-33-45(53-62-51(3,4)5)43-31-38(18-10-12-26-55)42(20-11-13-27-56)48-44-32-41(60-40-19-14-15-35(29-40)34-57)23-24-46(44)61-52(47,49(43)48)59-28-7-2/h7-9,14-17,19,21-24,29-32,34,38,42,47-49,55-56H,2,6,10-13,18,20,25-28,33H2,1,3-5H3. The zero-order chi connectivity index (χ0) is 43.9. The second-order valence-electron chi connectivity index (χ2n) is 17.8. The number of carbonyl (C=O) groups is 2. The Morgan fingerprint density at radius 1 is 0.935 bits per heavy atom. The van der Waals surface area contributed by atoms with Crippen molar-refractivity contribution in [1.29, 1.82) is 0 Å². The summed E-state index contributed by atoms with van der Waals surface area (Å²) in [5, 5.41) is 26.9. The van der Waals surface area contributed by atoms with E-state index in [0.717, 1.165) is 59.6 Å². The Hall–Kier alpha value is -5.29. The smallest absolute Gasteiger partial charge is 0.254 e. The molecule has 0 aromatic heterocycles. The fourth-order valence-electron chi connectivity index (χ4n) is 9.82. The van der Waals surface area contributed by atoms with Crippen LogP contribution in [0.25, 0.3) is 10.8 Å². The molecule has 0 saturated heterocycles. The van der Waals surface area contributed by atoms with Gasteiger partial charge in [-0.2, -0.15) is 0 Å². The number of aliphatic hydroxyl groups excluding tert-OH is 2. The van der Waals surface area contributed by atoms with E-state index in [0.29, 0.717) is 60.6 Å². The minimum absolute atomic E-state index is 0.0522. The third kappa shape index (κ3) is 9.53. The average molecular weight is 843 g/mol. The van der Waals surface area contributed by atoms with Crippen molar-refractivity contribution in [3.63, 3.8) is 0 Å². The van der Waals surface area contributed by atoms with E-state index in [1.165, 1.54) is 0 Å². The summed E-state index contributed by atoms with van der Waals surface area (Å²) in [6.45, 7) is 12.9. The minimum Gasteiger partial charge on any atom is -0.459 e. The number of hydrogen-bond acceptors (Lipinski definition) is 9. The van der Waals surface area contributed by atoms with E-state index in [2.05, 4.69) is 19.6 Å². The zero-order valence-corrected chi connectivity index (χ0v) is 36.6. The number of fused-ring (bicyclic) bond motifs is 3. The molecule has 2 aliphatic carbocycles. The summed E-state index contributed by atoms with van der Waals surface area (Å²) in [4.78, 5) is 35.1. The maximum absolute atomic E-state index is 15.2. The Morgan fingerprint density at radius 2 is 1.69 bits per heavy atom. The Kier molecular flexibility index (Phi) is 14.3. The van der Waals surface area contributed by atoms with Gasteiger partial charge in [-0.15, -0.1) is 6.58 Å². The van der Waals surface area contributed by atoms with E-state index in [-0.39, 0.29) is 43.5 Å². The molecule has 0 bridgehead atoms. The van der Waals surface area contributed by atoms with Gasteiger partial charge in [-0.3, -0.25) is 9.59 Å². The molecule has 1 fully saturated rings. The molecule has 7 rings (SSSR count). The van der Waals surface area contributed by atoms with Crippen LogP contribution >= 0.6 is 0 Å². The van der Waals surface area contributed by atoms with Crippen molar-refractivity contribution in [1.82, 2.24) is 4.90 Å². The largest absolute Gasteiger partial charge is 0.459 e. The molecule has 0 radical (unpaired) electrons. The monoisotopic (exact) mass is 842 g/mol. The average Bonchev–Trinajstić information content (AvgIpc) is 3.27. The number of unbranched alkanes of at least 4 members (excludes halogenated alkanes) is 2. The summed E-state index contributed by atoms with van der Waals surface area (Å²) < 4.78 is 21.0. The van der Waals surface area contributed by atoms with Gasteiger partial charge in [-0.25, -0.2) is 0 Å². The third-order valence-electron chi connectivity index (χ3n) is 12.4. The van der Waals surface area contributed by atoms with Gasteiger partial charge in [-0.1, -0.05) is 79.5 Å². The van der Waals surface area contributed by atoms with Gasteiger partial charge in [0.2, 0.25) is 5.79 Å². The minimum atomic E-state index is -1.38. The molecule has 3 aliphatic rings. The molecule has 4 aromatic rings. The molecule has 4 aromatic carbocycles. The van der Waals surface area contributed by atoms with Gasteiger partial charge < -0.3 is 34.2 Å². The molecule has 1 saturated carbocycles. The summed E-state index contributed by atoms with van der Waals surface area (Å²) in [5.41, 5.74) is 3.16. The number of amides is 1. The lowest BCUT2D eigenvalue weighted by Gasteiger charge is -2.60. The van der Waals surface area contributed by atoms with Crippen molar-refractivity contribution in [3.8, 4) is 17.2 Å². The van der Waals surface area contributed by atoms with Crippen molar-refractivity contribution in [3.05, 3.63) is 126 Å². The first-order valence-corrected chi connectivity index (χ1v) is 22.3. The summed E-state index contributed by atoms with van der Waals surface area (Å²) in [6.07, 6.45) is 10.5. The zero-order valence-electron chi connectivity index (χ0n) is 36.6. The highest BCUT2D eigenvalue weighted by Gasteiger charge is 2.65. The highest BCUT2D eigenvalue weighted by Crippen LogP contribution is 2.62. The van der Waals surface area contributed by atoms with Gasteiger partial charge in [0, 0.05) is 48.8 Å². The van der Waals surface area contributed by atoms with Crippen LogP contribution < -0.4 is 9.47 Å². The maximum Gasteiger partial charge on any atom is 0.254 e. The highest BCUT2D eigenvalue weighted by molar-refractivity contribution is 6.04. The summed E-state index contributed by atoms with van der Waals surface area (Å²) >= 11 is 0. The van der Waals surface area contributed by atoms with Crippen LogP contribution in [0.3, 0.4) is 0 Å². The highest BCUT2D eigenvalue weighted by atomic mass is 16.7. The number of nitrogens with zero attached hydrogens (tertiary/aromatic N) is 2. The van der Waals surface area contributed by atoms with Crippen LogP contribution in [-0.4, -0.2) is 76.8 Å². The first-order valence-electron chi connectivity index (χ1n) is 22.3. The van der Waals surface area contributed by atoms with Crippen molar-refractivity contribution >= 4 is 28.7 Å². The second-order valence-corrected chi connectivity index (χ2v) is 17.8. The van der Waals surface area contributed by atoms with Crippen LogP contribution in [0.5, 0.6) is 17.2 Å². The molecule has 6 unspecified atom stereocenters. The van der Waals surface area contributed by atoms with Gasteiger partial charge in [0.05, 0.1) is 18.2 Å². The van der Waals surface area contributed by atoms with Crippen LogP contribution in [0.2, 0.25) is 0 Å². The van der Waals surface area contributed by atoms with Gasteiger partial charge in [0.1, 0.15) is 35.2 Å². The molecule has 1 heterocycles. The predicted octanol–water partition coefficient (Wildman–Crippen LogP) is 10.4. The number of aliphatic hydroxyl groups is 2. The van der Waals surface area contributed by atoms with E-state index in [1.807, 2.05) is 92.4 Å². The second kappa shape index (κ2) is 19.8. The number of ether oxygens (including phenoxy) is 3. The molecule has 1 aliphatic heterocycles. The van der Waals surface area contributed by atoms with Crippen LogP contribution in [-0.2, 0) is 9.57 Å².